The molecule has 0 saturated heterocycles. The second-order valence-electron chi connectivity index (χ2n) is 5.00. The predicted octanol–water partition coefficient (Wildman–Crippen LogP) is 2.85. The standard InChI is InChI=1S/C16H22NO2/c1-17(2)13-7-5-12(6-8-13)15-10-9-14(18-3)11-16(15)19-4/h5,7,9-12H,6,8H2,1-4H3/q+1/t12-/m1/s1. The molecule has 3 heteroatoms. The molecule has 0 radical (unpaired) electrons. The summed E-state index contributed by atoms with van der Waals surface area (Å²) in [4.78, 5) is 0. The Bertz CT molecular complexity index is 513. The molecule has 1 aliphatic rings. The lowest BCUT2D eigenvalue weighted by molar-refractivity contribution is -0.465. The molecule has 0 aromatic heterocycles. The van der Waals surface area contributed by atoms with Gasteiger partial charge in [0, 0.05) is 30.0 Å². The molecule has 19 heavy (non-hydrogen) atoms. The molecule has 0 fully saturated rings. The molecule has 0 heterocycles. The summed E-state index contributed by atoms with van der Waals surface area (Å²) in [6.07, 6.45) is 6.71. The zero-order valence-electron chi connectivity index (χ0n) is 12.1. The van der Waals surface area contributed by atoms with E-state index in [0.717, 1.165) is 24.3 Å². The lowest BCUT2D eigenvalue weighted by Crippen LogP contribution is -2.16. The van der Waals surface area contributed by atoms with Crippen LogP contribution in [-0.2, 0) is 0 Å². The van der Waals surface area contributed by atoms with Crippen molar-refractivity contribution in [3.63, 3.8) is 0 Å². The monoisotopic (exact) mass is 260 g/mol. The third-order valence-electron chi connectivity index (χ3n) is 3.65. The fraction of sp³-hybridized carbons (Fsp3) is 0.438. The number of methoxy groups -OCH3 is 2. The Morgan fingerprint density at radius 2 is 1.95 bits per heavy atom. The third kappa shape index (κ3) is 2.98. The molecule has 0 bridgehead atoms. The molecular formula is C16H22NO2+. The molecule has 0 saturated carbocycles. The highest BCUT2D eigenvalue weighted by atomic mass is 16.5. The smallest absolute Gasteiger partial charge is 0.175 e. The first kappa shape index (κ1) is 13.7. The summed E-state index contributed by atoms with van der Waals surface area (Å²) in [5, 5.41) is 0. The normalized spacial score (nSPS) is 18.3. The van der Waals surface area contributed by atoms with Crippen molar-refractivity contribution >= 4 is 5.71 Å². The van der Waals surface area contributed by atoms with Crippen LogP contribution in [-0.4, -0.2) is 38.6 Å². The molecule has 1 aliphatic carbocycles. The van der Waals surface area contributed by atoms with E-state index in [1.165, 1.54) is 11.3 Å². The van der Waals surface area contributed by atoms with Gasteiger partial charge < -0.3 is 9.47 Å². The van der Waals surface area contributed by atoms with E-state index in [0.29, 0.717) is 5.92 Å². The topological polar surface area (TPSA) is 21.5 Å². The average Bonchev–Trinajstić information content (AvgIpc) is 2.46. The van der Waals surface area contributed by atoms with Crippen LogP contribution >= 0.6 is 0 Å². The molecule has 0 amide bonds. The molecule has 1 atom stereocenters. The molecule has 1 aromatic carbocycles. The molecule has 2 rings (SSSR count). The van der Waals surface area contributed by atoms with Crippen molar-refractivity contribution in [2.45, 2.75) is 18.8 Å². The quantitative estimate of drug-likeness (QED) is 0.779. The average molecular weight is 260 g/mol. The van der Waals surface area contributed by atoms with Crippen LogP contribution in [0.5, 0.6) is 11.5 Å². The summed E-state index contributed by atoms with van der Waals surface area (Å²) in [7, 11) is 7.57. The number of hydrogen-bond acceptors (Lipinski definition) is 2. The van der Waals surface area contributed by atoms with Gasteiger partial charge >= 0.3 is 0 Å². The second kappa shape index (κ2) is 5.91. The molecule has 3 nitrogen and oxygen atoms in total. The summed E-state index contributed by atoms with van der Waals surface area (Å²) < 4.78 is 12.9. The minimum Gasteiger partial charge on any atom is -0.497 e. The van der Waals surface area contributed by atoms with Gasteiger partial charge in [-0.2, -0.15) is 0 Å². The first-order valence-corrected chi connectivity index (χ1v) is 6.59. The van der Waals surface area contributed by atoms with E-state index in [9.17, 15) is 0 Å². The van der Waals surface area contributed by atoms with Gasteiger partial charge in [-0.1, -0.05) is 12.1 Å². The van der Waals surface area contributed by atoms with Crippen LogP contribution in [0.4, 0.5) is 0 Å². The Balaban J connectivity index is 2.29. The summed E-state index contributed by atoms with van der Waals surface area (Å²) in [5.41, 5.74) is 2.61. The van der Waals surface area contributed by atoms with Crippen molar-refractivity contribution in [1.29, 1.82) is 0 Å². The van der Waals surface area contributed by atoms with E-state index in [2.05, 4.69) is 36.9 Å². The molecule has 1 aromatic rings. The number of ether oxygens (including phenoxy) is 2. The number of benzene rings is 1. The number of nitrogens with zero attached hydrogens (tertiary/aromatic N) is 1. The van der Waals surface area contributed by atoms with Crippen LogP contribution in [0.25, 0.3) is 0 Å². The van der Waals surface area contributed by atoms with Crippen LogP contribution in [0.2, 0.25) is 0 Å². The van der Waals surface area contributed by atoms with E-state index in [1.54, 1.807) is 14.2 Å². The Morgan fingerprint density at radius 1 is 1.16 bits per heavy atom. The third-order valence-corrected chi connectivity index (χ3v) is 3.65. The van der Waals surface area contributed by atoms with E-state index in [4.69, 9.17) is 9.47 Å². The van der Waals surface area contributed by atoms with Gasteiger partial charge in [0.25, 0.3) is 0 Å². The Labute approximate surface area is 115 Å². The van der Waals surface area contributed by atoms with Crippen molar-refractivity contribution < 1.29 is 14.0 Å². The number of hydrogen-bond donors (Lipinski definition) is 0. The van der Waals surface area contributed by atoms with Crippen LogP contribution < -0.4 is 9.47 Å². The van der Waals surface area contributed by atoms with Gasteiger partial charge in [-0.25, -0.2) is 4.58 Å². The summed E-state index contributed by atoms with van der Waals surface area (Å²) >= 11 is 0. The van der Waals surface area contributed by atoms with Gasteiger partial charge in [-0.05, 0) is 12.5 Å². The van der Waals surface area contributed by atoms with Crippen molar-refractivity contribution in [2.75, 3.05) is 28.3 Å². The summed E-state index contributed by atoms with van der Waals surface area (Å²) in [5.74, 6) is 2.16. The molecule has 102 valence electrons. The Morgan fingerprint density at radius 3 is 2.47 bits per heavy atom. The van der Waals surface area contributed by atoms with Gasteiger partial charge in [0.2, 0.25) is 0 Å². The van der Waals surface area contributed by atoms with Crippen LogP contribution in [0.3, 0.4) is 0 Å². The maximum Gasteiger partial charge on any atom is 0.175 e. The van der Waals surface area contributed by atoms with Crippen LogP contribution in [0.15, 0.2) is 30.4 Å². The number of rotatable bonds is 3. The van der Waals surface area contributed by atoms with E-state index in [-0.39, 0.29) is 0 Å². The summed E-state index contributed by atoms with van der Waals surface area (Å²) in [6, 6.07) is 6.05. The van der Waals surface area contributed by atoms with Gasteiger partial charge in [0.1, 0.15) is 25.6 Å². The Hall–Kier alpha value is -1.77. The van der Waals surface area contributed by atoms with Crippen molar-refractivity contribution in [2.24, 2.45) is 0 Å². The van der Waals surface area contributed by atoms with Gasteiger partial charge in [-0.3, -0.25) is 0 Å². The van der Waals surface area contributed by atoms with E-state index >= 15 is 0 Å². The first-order valence-electron chi connectivity index (χ1n) is 6.59. The first-order chi connectivity index (χ1) is 9.15. The fourth-order valence-electron chi connectivity index (χ4n) is 2.47. The lowest BCUT2D eigenvalue weighted by atomic mass is 9.88. The van der Waals surface area contributed by atoms with Gasteiger partial charge in [0.05, 0.1) is 14.2 Å². The molecule has 0 N–H and O–H groups in total. The lowest BCUT2D eigenvalue weighted by Gasteiger charge is -2.19. The molecule has 0 aliphatic heterocycles. The largest absolute Gasteiger partial charge is 0.497 e. The molecular weight excluding hydrogens is 238 g/mol. The second-order valence-corrected chi connectivity index (χ2v) is 5.00. The van der Waals surface area contributed by atoms with Crippen molar-refractivity contribution in [1.82, 2.24) is 0 Å². The minimum atomic E-state index is 0.421. The molecule has 0 unspecified atom stereocenters. The van der Waals surface area contributed by atoms with E-state index < -0.39 is 0 Å². The van der Waals surface area contributed by atoms with Gasteiger partial charge in [0.15, 0.2) is 5.71 Å². The maximum atomic E-state index is 5.48. The van der Waals surface area contributed by atoms with Crippen molar-refractivity contribution in [3.8, 4) is 11.5 Å². The Kier molecular flexibility index (Phi) is 4.25. The van der Waals surface area contributed by atoms with Crippen molar-refractivity contribution in [3.05, 3.63) is 35.9 Å². The highest BCUT2D eigenvalue weighted by Gasteiger charge is 2.20. The highest BCUT2D eigenvalue weighted by Crippen LogP contribution is 2.35. The summed E-state index contributed by atoms with van der Waals surface area (Å²) in [6.45, 7) is 0. The van der Waals surface area contributed by atoms with Gasteiger partial charge in [-0.15, -0.1) is 0 Å². The van der Waals surface area contributed by atoms with Crippen LogP contribution in [0, 0.1) is 0 Å². The number of allylic oxidation sites excluding steroid dienone is 2. The SMILES string of the molecule is COc1ccc([C@@H]2C=CC(=[N+](C)C)CC2)c(OC)c1. The van der Waals surface area contributed by atoms with Crippen LogP contribution in [0.1, 0.15) is 24.3 Å². The highest BCUT2D eigenvalue weighted by molar-refractivity contribution is 5.91. The molecule has 0 spiro atoms. The van der Waals surface area contributed by atoms with E-state index in [1.807, 2.05) is 12.1 Å². The fourth-order valence-corrected chi connectivity index (χ4v) is 2.47. The predicted molar refractivity (Wildman–Crippen MR) is 77.8 cm³/mol. The zero-order valence-corrected chi connectivity index (χ0v) is 12.1. The minimum absolute atomic E-state index is 0.421. The maximum absolute atomic E-state index is 5.48. The zero-order chi connectivity index (χ0) is 13.8.